The Morgan fingerprint density at radius 2 is 1.92 bits per heavy atom. The number of fused-ring (bicyclic) bond motifs is 1. The van der Waals surface area contributed by atoms with Crippen molar-refractivity contribution in [1.82, 2.24) is 9.78 Å². The van der Waals surface area contributed by atoms with Crippen LogP contribution in [0.25, 0.3) is 5.69 Å². The molecule has 4 rings (SSSR count). The van der Waals surface area contributed by atoms with Crippen LogP contribution >= 0.6 is 0 Å². The molecular weight excluding hydrogens is 321 g/mol. The van der Waals surface area contributed by atoms with Gasteiger partial charge in [-0.25, -0.2) is 9.07 Å². The van der Waals surface area contributed by atoms with Gasteiger partial charge < -0.3 is 14.8 Å². The van der Waals surface area contributed by atoms with E-state index in [1.165, 1.54) is 6.07 Å². The summed E-state index contributed by atoms with van der Waals surface area (Å²) in [5, 5.41) is 7.64. The number of hydrogen-bond acceptors (Lipinski definition) is 4. The molecule has 0 unspecified atom stereocenters. The van der Waals surface area contributed by atoms with Gasteiger partial charge in [-0.3, -0.25) is 0 Å². The van der Waals surface area contributed by atoms with Gasteiger partial charge in [0.15, 0.2) is 11.5 Å². The fourth-order valence-electron chi connectivity index (χ4n) is 2.84. The zero-order valence-corrected chi connectivity index (χ0v) is 13.8. The molecule has 5 nitrogen and oxygen atoms in total. The van der Waals surface area contributed by atoms with Gasteiger partial charge in [0.05, 0.1) is 17.6 Å². The van der Waals surface area contributed by atoms with Gasteiger partial charge in [-0.1, -0.05) is 18.2 Å². The quantitative estimate of drug-likeness (QED) is 0.787. The summed E-state index contributed by atoms with van der Waals surface area (Å²) in [4.78, 5) is 0. The number of halogens is 1. The van der Waals surface area contributed by atoms with Crippen molar-refractivity contribution in [2.24, 2.45) is 0 Å². The van der Waals surface area contributed by atoms with Gasteiger partial charge >= 0.3 is 0 Å². The highest BCUT2D eigenvalue weighted by molar-refractivity contribution is 5.51. The molecule has 0 spiro atoms. The lowest BCUT2D eigenvalue weighted by Gasteiger charge is -2.19. The molecule has 0 aliphatic carbocycles. The summed E-state index contributed by atoms with van der Waals surface area (Å²) in [5.41, 5.74) is 3.22. The molecule has 25 heavy (non-hydrogen) atoms. The van der Waals surface area contributed by atoms with Crippen molar-refractivity contribution in [3.63, 3.8) is 0 Å². The Hall–Kier alpha value is -3.02. The van der Waals surface area contributed by atoms with Crippen LogP contribution in [-0.2, 0) is 6.54 Å². The van der Waals surface area contributed by atoms with Crippen LogP contribution in [-0.4, -0.2) is 23.0 Å². The SMILES string of the molecule is Cc1c(NCc2ccc3c(c2)OCCO3)cnn1-c1ccccc1F. The summed E-state index contributed by atoms with van der Waals surface area (Å²) in [5.74, 6) is 1.25. The van der Waals surface area contributed by atoms with Gasteiger partial charge in [-0.05, 0) is 36.8 Å². The Bertz CT molecular complexity index is 907. The van der Waals surface area contributed by atoms with Crippen molar-refractivity contribution in [2.75, 3.05) is 18.5 Å². The van der Waals surface area contributed by atoms with E-state index in [0.29, 0.717) is 25.4 Å². The Morgan fingerprint density at radius 3 is 2.76 bits per heavy atom. The highest BCUT2D eigenvalue weighted by atomic mass is 19.1. The highest BCUT2D eigenvalue weighted by Crippen LogP contribution is 2.31. The van der Waals surface area contributed by atoms with Crippen LogP contribution in [0.5, 0.6) is 11.5 Å². The second-order valence-corrected chi connectivity index (χ2v) is 5.84. The fourth-order valence-corrected chi connectivity index (χ4v) is 2.84. The lowest BCUT2D eigenvalue weighted by Crippen LogP contribution is -2.15. The van der Waals surface area contributed by atoms with Crippen LogP contribution in [0.1, 0.15) is 11.3 Å². The van der Waals surface area contributed by atoms with Crippen LogP contribution in [0.3, 0.4) is 0 Å². The van der Waals surface area contributed by atoms with Crippen LogP contribution in [0.15, 0.2) is 48.7 Å². The van der Waals surface area contributed by atoms with Crippen LogP contribution in [0.2, 0.25) is 0 Å². The average molecular weight is 339 g/mol. The van der Waals surface area contributed by atoms with E-state index in [0.717, 1.165) is 28.4 Å². The number of aromatic nitrogens is 2. The molecule has 0 fully saturated rings. The molecule has 1 aromatic heterocycles. The monoisotopic (exact) mass is 339 g/mol. The first kappa shape index (κ1) is 15.5. The molecule has 0 atom stereocenters. The molecule has 1 N–H and O–H groups in total. The molecule has 0 bridgehead atoms. The Morgan fingerprint density at radius 1 is 1.12 bits per heavy atom. The van der Waals surface area contributed by atoms with Gasteiger partial charge in [-0.15, -0.1) is 0 Å². The standard InChI is InChI=1S/C19H18FN3O2/c1-13-16(12-22-23(13)17-5-3-2-4-15(17)20)21-11-14-6-7-18-19(10-14)25-9-8-24-18/h2-7,10,12,21H,8-9,11H2,1H3. The number of rotatable bonds is 4. The molecule has 128 valence electrons. The van der Waals surface area contributed by atoms with Gasteiger partial charge in [0, 0.05) is 6.54 Å². The molecule has 2 aromatic carbocycles. The molecule has 1 aliphatic heterocycles. The molecule has 2 heterocycles. The van der Waals surface area contributed by atoms with Gasteiger partial charge in [0.2, 0.25) is 0 Å². The van der Waals surface area contributed by atoms with E-state index in [4.69, 9.17) is 9.47 Å². The van der Waals surface area contributed by atoms with E-state index < -0.39 is 0 Å². The number of benzene rings is 2. The van der Waals surface area contributed by atoms with Gasteiger partial charge in [0.1, 0.15) is 24.7 Å². The molecule has 0 saturated carbocycles. The maximum Gasteiger partial charge on any atom is 0.161 e. The minimum Gasteiger partial charge on any atom is -0.486 e. The van der Waals surface area contributed by atoms with Crippen molar-refractivity contribution in [3.05, 3.63) is 65.7 Å². The van der Waals surface area contributed by atoms with Gasteiger partial charge in [0.25, 0.3) is 0 Å². The summed E-state index contributed by atoms with van der Waals surface area (Å²) in [6, 6.07) is 12.5. The van der Waals surface area contributed by atoms with E-state index in [1.807, 2.05) is 25.1 Å². The highest BCUT2D eigenvalue weighted by Gasteiger charge is 2.13. The number of anilines is 1. The topological polar surface area (TPSA) is 48.3 Å². The smallest absolute Gasteiger partial charge is 0.161 e. The van der Waals surface area contributed by atoms with Crippen molar-refractivity contribution < 1.29 is 13.9 Å². The fraction of sp³-hybridized carbons (Fsp3) is 0.211. The van der Waals surface area contributed by atoms with Crippen molar-refractivity contribution in [3.8, 4) is 17.2 Å². The second-order valence-electron chi connectivity index (χ2n) is 5.84. The predicted molar refractivity (Wildman–Crippen MR) is 93.0 cm³/mol. The molecule has 0 saturated heterocycles. The molecule has 0 amide bonds. The summed E-state index contributed by atoms with van der Waals surface area (Å²) in [6.07, 6.45) is 1.71. The van der Waals surface area contributed by atoms with Gasteiger partial charge in [-0.2, -0.15) is 5.10 Å². The lowest BCUT2D eigenvalue weighted by atomic mass is 10.2. The maximum absolute atomic E-state index is 14.0. The van der Waals surface area contributed by atoms with E-state index in [1.54, 1.807) is 29.1 Å². The summed E-state index contributed by atoms with van der Waals surface area (Å²) >= 11 is 0. The number of ether oxygens (including phenoxy) is 2. The molecule has 3 aromatic rings. The first-order chi connectivity index (χ1) is 12.2. The third kappa shape index (κ3) is 3.03. The number of nitrogens with zero attached hydrogens (tertiary/aromatic N) is 2. The van der Waals surface area contributed by atoms with E-state index in [-0.39, 0.29) is 5.82 Å². The van der Waals surface area contributed by atoms with Crippen molar-refractivity contribution >= 4 is 5.69 Å². The van der Waals surface area contributed by atoms with E-state index in [2.05, 4.69) is 10.4 Å². The van der Waals surface area contributed by atoms with E-state index in [9.17, 15) is 4.39 Å². The Labute approximate surface area is 145 Å². The molecule has 0 radical (unpaired) electrons. The lowest BCUT2D eigenvalue weighted by molar-refractivity contribution is 0.171. The minimum atomic E-state index is -0.299. The zero-order valence-electron chi connectivity index (χ0n) is 13.8. The summed E-state index contributed by atoms with van der Waals surface area (Å²) in [7, 11) is 0. The third-order valence-corrected chi connectivity index (χ3v) is 4.18. The average Bonchev–Trinajstić information content (AvgIpc) is 3.01. The molecule has 6 heteroatoms. The van der Waals surface area contributed by atoms with Crippen LogP contribution < -0.4 is 14.8 Å². The molecule has 1 aliphatic rings. The van der Waals surface area contributed by atoms with Crippen molar-refractivity contribution in [2.45, 2.75) is 13.5 Å². The normalized spacial score (nSPS) is 12.9. The zero-order chi connectivity index (χ0) is 17.2. The van der Waals surface area contributed by atoms with Crippen molar-refractivity contribution in [1.29, 1.82) is 0 Å². The number of hydrogen-bond donors (Lipinski definition) is 1. The van der Waals surface area contributed by atoms with Crippen LogP contribution in [0.4, 0.5) is 10.1 Å². The summed E-state index contributed by atoms with van der Waals surface area (Å²) in [6.45, 7) is 3.67. The first-order valence-electron chi connectivity index (χ1n) is 8.14. The van der Waals surface area contributed by atoms with Crippen LogP contribution in [0, 0.1) is 12.7 Å². The Balaban J connectivity index is 1.52. The third-order valence-electron chi connectivity index (χ3n) is 4.18. The first-order valence-corrected chi connectivity index (χ1v) is 8.14. The number of para-hydroxylation sites is 1. The number of nitrogens with one attached hydrogen (secondary N) is 1. The second kappa shape index (κ2) is 6.47. The predicted octanol–water partition coefficient (Wildman–Crippen LogP) is 3.70. The molecular formula is C19H18FN3O2. The largest absolute Gasteiger partial charge is 0.486 e. The Kier molecular flexibility index (Phi) is 4.01. The minimum absolute atomic E-state index is 0.299. The summed E-state index contributed by atoms with van der Waals surface area (Å²) < 4.78 is 26.7. The maximum atomic E-state index is 14.0. The van der Waals surface area contributed by atoms with E-state index >= 15 is 0 Å².